The summed E-state index contributed by atoms with van der Waals surface area (Å²) < 4.78 is 0. The summed E-state index contributed by atoms with van der Waals surface area (Å²) in [5, 5.41) is 0. The number of hydrogen-bond donors (Lipinski definition) is 0. The van der Waals surface area contributed by atoms with E-state index in [1.54, 1.807) is 0 Å². The van der Waals surface area contributed by atoms with Gasteiger partial charge in [0.25, 0.3) is 0 Å². The molecule has 0 atom stereocenters. The summed E-state index contributed by atoms with van der Waals surface area (Å²) in [6, 6.07) is 0. The van der Waals surface area contributed by atoms with Crippen molar-refractivity contribution < 1.29 is 42.2 Å². The van der Waals surface area contributed by atoms with Gasteiger partial charge in [-0.2, -0.15) is 55.6 Å². The first-order valence-electron chi connectivity index (χ1n) is 7.50. The minimum Gasteiger partial charge on any atom is -1.00 e. The van der Waals surface area contributed by atoms with Crippen LogP contribution in [0.4, 0.5) is 0 Å². The van der Waals surface area contributed by atoms with E-state index in [0.717, 1.165) is 0 Å². The molecule has 0 bridgehead atoms. The maximum Gasteiger partial charge on any atom is 4.00 e. The SMILES string of the molecule is Cc1c(C)c(C)[c-](C)c1C.Cc1c(C)c(C)[c-](C)c1C.[Cl-].[Cl-].[Cr+4]. The summed E-state index contributed by atoms with van der Waals surface area (Å²) in [6.07, 6.45) is 0. The van der Waals surface area contributed by atoms with Gasteiger partial charge in [-0.1, -0.05) is 69.2 Å². The Morgan fingerprint density at radius 3 is 0.609 bits per heavy atom. The third kappa shape index (κ3) is 5.40. The zero-order valence-electron chi connectivity index (χ0n) is 16.2. The van der Waals surface area contributed by atoms with Crippen molar-refractivity contribution in [3.63, 3.8) is 0 Å². The van der Waals surface area contributed by atoms with Crippen molar-refractivity contribution in [2.75, 3.05) is 0 Å². The Labute approximate surface area is 166 Å². The maximum absolute atomic E-state index is 2.20. The van der Waals surface area contributed by atoms with E-state index in [0.29, 0.717) is 0 Å². The van der Waals surface area contributed by atoms with Gasteiger partial charge in [0.1, 0.15) is 0 Å². The van der Waals surface area contributed by atoms with E-state index in [-0.39, 0.29) is 42.2 Å². The zero-order chi connectivity index (χ0) is 15.8. The first-order valence-corrected chi connectivity index (χ1v) is 7.50. The molecule has 0 saturated heterocycles. The molecule has 0 heterocycles. The van der Waals surface area contributed by atoms with Crippen LogP contribution in [0.3, 0.4) is 0 Å². The fourth-order valence-corrected chi connectivity index (χ4v) is 2.81. The van der Waals surface area contributed by atoms with Gasteiger partial charge < -0.3 is 24.8 Å². The Kier molecular flexibility index (Phi) is 12.8. The van der Waals surface area contributed by atoms with Crippen LogP contribution in [-0.4, -0.2) is 0 Å². The Bertz CT molecular complexity index is 414. The molecule has 2 aromatic rings. The van der Waals surface area contributed by atoms with Crippen LogP contribution in [0.5, 0.6) is 0 Å². The van der Waals surface area contributed by atoms with E-state index in [4.69, 9.17) is 0 Å². The maximum atomic E-state index is 2.20. The molecule has 0 nitrogen and oxygen atoms in total. The summed E-state index contributed by atoms with van der Waals surface area (Å²) in [6.45, 7) is 22.0. The van der Waals surface area contributed by atoms with E-state index >= 15 is 0 Å². The van der Waals surface area contributed by atoms with Crippen molar-refractivity contribution in [1.29, 1.82) is 0 Å². The molecule has 0 aliphatic rings. The molecular formula is C20H30Cl2Cr. The molecule has 0 aromatic heterocycles. The molecule has 0 saturated carbocycles. The quantitative estimate of drug-likeness (QED) is 0.549. The molecule has 0 aliphatic heterocycles. The smallest absolute Gasteiger partial charge is 1.00 e. The normalized spacial score (nSPS) is 9.13. The van der Waals surface area contributed by atoms with E-state index in [1.165, 1.54) is 55.6 Å². The average Bonchev–Trinajstić information content (AvgIpc) is 2.71. The zero-order valence-corrected chi connectivity index (χ0v) is 19.0. The fraction of sp³-hybridized carbons (Fsp3) is 0.500. The summed E-state index contributed by atoms with van der Waals surface area (Å²) in [4.78, 5) is 0. The molecule has 2 rings (SSSR count). The molecule has 0 aliphatic carbocycles. The van der Waals surface area contributed by atoms with Gasteiger partial charge in [-0.15, -0.1) is 0 Å². The molecule has 130 valence electrons. The van der Waals surface area contributed by atoms with Gasteiger partial charge in [-0.25, -0.2) is 0 Å². The third-order valence-electron chi connectivity index (χ3n) is 5.62. The van der Waals surface area contributed by atoms with E-state index in [2.05, 4.69) is 69.2 Å². The standard InChI is InChI=1S/2C10H15.2ClH.Cr/c2*1-6-7(2)9(4)10(5)8(6)3;;;/h2*1-5H3;2*1H;/q2*-1;;;+4/p-2. The van der Waals surface area contributed by atoms with Crippen LogP contribution in [0.1, 0.15) is 55.6 Å². The van der Waals surface area contributed by atoms with Gasteiger partial charge in [-0.3, -0.25) is 0 Å². The van der Waals surface area contributed by atoms with Crippen LogP contribution in [0.2, 0.25) is 0 Å². The van der Waals surface area contributed by atoms with E-state index in [1.807, 2.05) is 0 Å². The predicted molar refractivity (Wildman–Crippen MR) is 91.4 cm³/mol. The van der Waals surface area contributed by atoms with Crippen molar-refractivity contribution in [3.05, 3.63) is 55.6 Å². The van der Waals surface area contributed by atoms with Crippen molar-refractivity contribution in [2.45, 2.75) is 69.2 Å². The Morgan fingerprint density at radius 1 is 0.435 bits per heavy atom. The second-order valence-corrected chi connectivity index (χ2v) is 6.25. The van der Waals surface area contributed by atoms with Crippen molar-refractivity contribution in [1.82, 2.24) is 0 Å². The van der Waals surface area contributed by atoms with Gasteiger partial charge in [0.15, 0.2) is 0 Å². The minimum atomic E-state index is 0. The first kappa shape index (κ1) is 27.7. The molecule has 0 amide bonds. The Balaban J connectivity index is -0.000000308. The van der Waals surface area contributed by atoms with Crippen LogP contribution < -0.4 is 24.8 Å². The van der Waals surface area contributed by atoms with E-state index < -0.39 is 0 Å². The number of rotatable bonds is 0. The average molecular weight is 393 g/mol. The third-order valence-corrected chi connectivity index (χ3v) is 5.62. The van der Waals surface area contributed by atoms with Gasteiger partial charge in [0.2, 0.25) is 0 Å². The summed E-state index contributed by atoms with van der Waals surface area (Å²) in [7, 11) is 0. The fourth-order valence-electron chi connectivity index (χ4n) is 2.81. The van der Waals surface area contributed by atoms with Crippen molar-refractivity contribution in [2.24, 2.45) is 0 Å². The first-order chi connectivity index (χ1) is 9.11. The topological polar surface area (TPSA) is 0 Å². The summed E-state index contributed by atoms with van der Waals surface area (Å²) >= 11 is 0. The van der Waals surface area contributed by atoms with Crippen molar-refractivity contribution in [3.8, 4) is 0 Å². The number of halogens is 2. The second-order valence-electron chi connectivity index (χ2n) is 6.25. The second kappa shape index (κ2) is 10.6. The van der Waals surface area contributed by atoms with Crippen LogP contribution in [0, 0.1) is 69.2 Å². The summed E-state index contributed by atoms with van der Waals surface area (Å²) in [5.74, 6) is 0. The largest absolute Gasteiger partial charge is 4.00 e. The van der Waals surface area contributed by atoms with Gasteiger partial charge in [0, 0.05) is 0 Å². The van der Waals surface area contributed by atoms with Gasteiger partial charge >= 0.3 is 17.4 Å². The predicted octanol–water partition coefficient (Wildman–Crippen LogP) is -0.0993. The Hall–Kier alpha value is -0.188. The molecule has 0 N–H and O–H groups in total. The molecule has 23 heavy (non-hydrogen) atoms. The number of hydrogen-bond acceptors (Lipinski definition) is 0. The molecule has 0 fully saturated rings. The van der Waals surface area contributed by atoms with Crippen LogP contribution >= 0.6 is 0 Å². The Morgan fingerprint density at radius 2 is 0.565 bits per heavy atom. The minimum absolute atomic E-state index is 0. The molecule has 0 spiro atoms. The van der Waals surface area contributed by atoms with E-state index in [9.17, 15) is 0 Å². The molecule has 0 radical (unpaired) electrons. The molecular weight excluding hydrogens is 363 g/mol. The monoisotopic (exact) mass is 392 g/mol. The van der Waals surface area contributed by atoms with Crippen molar-refractivity contribution >= 4 is 0 Å². The van der Waals surface area contributed by atoms with Gasteiger partial charge in [-0.05, 0) is 0 Å². The van der Waals surface area contributed by atoms with Crippen LogP contribution in [-0.2, 0) is 17.4 Å². The van der Waals surface area contributed by atoms with Gasteiger partial charge in [0.05, 0.1) is 0 Å². The molecule has 3 heteroatoms. The molecule has 0 unspecified atom stereocenters. The summed E-state index contributed by atoms with van der Waals surface area (Å²) in [5.41, 5.74) is 14.7. The van der Waals surface area contributed by atoms with Crippen LogP contribution in [0.25, 0.3) is 0 Å². The van der Waals surface area contributed by atoms with Crippen LogP contribution in [0.15, 0.2) is 0 Å². The molecule has 2 aromatic carbocycles.